The lowest BCUT2D eigenvalue weighted by Gasteiger charge is -2.05. The predicted octanol–water partition coefficient (Wildman–Crippen LogP) is 3.11. The standard InChI is InChI=1S/C17H15FN4O/c18-13-4-3-5-14(12-13)20-17(23)8-11-22-10-7-16(21-22)15-6-1-2-9-19-15/h1-7,9-10,12H,8,11H2,(H,20,23). The summed E-state index contributed by atoms with van der Waals surface area (Å²) >= 11 is 0. The molecule has 5 nitrogen and oxygen atoms in total. The zero-order chi connectivity index (χ0) is 16.1. The normalized spacial score (nSPS) is 10.5. The molecule has 1 amide bonds. The van der Waals surface area contributed by atoms with E-state index in [1.165, 1.54) is 12.1 Å². The first-order valence-corrected chi connectivity index (χ1v) is 7.21. The number of nitrogens with zero attached hydrogens (tertiary/aromatic N) is 3. The topological polar surface area (TPSA) is 59.8 Å². The number of aromatic nitrogens is 3. The summed E-state index contributed by atoms with van der Waals surface area (Å²) in [5.74, 6) is -0.569. The number of hydrogen-bond donors (Lipinski definition) is 1. The number of aryl methyl sites for hydroxylation is 1. The van der Waals surface area contributed by atoms with E-state index in [2.05, 4.69) is 15.4 Å². The molecule has 0 saturated heterocycles. The number of pyridine rings is 1. The highest BCUT2D eigenvalue weighted by Crippen LogP contribution is 2.13. The summed E-state index contributed by atoms with van der Waals surface area (Å²) in [6.45, 7) is 0.438. The summed E-state index contributed by atoms with van der Waals surface area (Å²) in [4.78, 5) is 16.1. The van der Waals surface area contributed by atoms with Crippen molar-refractivity contribution in [2.75, 3.05) is 5.32 Å². The van der Waals surface area contributed by atoms with E-state index in [-0.39, 0.29) is 18.1 Å². The molecule has 0 bridgehead atoms. The molecule has 0 fully saturated rings. The lowest BCUT2D eigenvalue weighted by molar-refractivity contribution is -0.116. The van der Waals surface area contributed by atoms with Gasteiger partial charge in [-0.25, -0.2) is 4.39 Å². The maximum Gasteiger partial charge on any atom is 0.226 e. The average Bonchev–Trinajstić information content (AvgIpc) is 3.03. The van der Waals surface area contributed by atoms with Crippen molar-refractivity contribution in [1.29, 1.82) is 0 Å². The Morgan fingerprint density at radius 2 is 2.04 bits per heavy atom. The molecule has 0 aliphatic rings. The molecule has 0 saturated carbocycles. The fourth-order valence-corrected chi connectivity index (χ4v) is 2.14. The quantitative estimate of drug-likeness (QED) is 0.787. The summed E-state index contributed by atoms with van der Waals surface area (Å²) in [5.41, 5.74) is 2.00. The molecule has 0 aliphatic heterocycles. The van der Waals surface area contributed by atoms with Crippen molar-refractivity contribution >= 4 is 11.6 Å². The van der Waals surface area contributed by atoms with Crippen molar-refractivity contribution in [3.05, 3.63) is 66.7 Å². The molecule has 0 unspecified atom stereocenters. The fraction of sp³-hybridized carbons (Fsp3) is 0.118. The van der Waals surface area contributed by atoms with E-state index >= 15 is 0 Å². The molecule has 0 spiro atoms. The number of anilines is 1. The van der Waals surface area contributed by atoms with E-state index in [1.54, 1.807) is 29.2 Å². The maximum absolute atomic E-state index is 13.1. The van der Waals surface area contributed by atoms with Crippen LogP contribution in [0, 0.1) is 5.82 Å². The third-order valence-electron chi connectivity index (χ3n) is 3.24. The number of nitrogens with one attached hydrogen (secondary N) is 1. The van der Waals surface area contributed by atoms with Crippen molar-refractivity contribution in [2.45, 2.75) is 13.0 Å². The number of carbonyl (C=O) groups excluding carboxylic acids is 1. The van der Waals surface area contributed by atoms with Gasteiger partial charge in [-0.05, 0) is 36.4 Å². The van der Waals surface area contributed by atoms with Gasteiger partial charge in [-0.2, -0.15) is 5.10 Å². The van der Waals surface area contributed by atoms with Gasteiger partial charge in [0.2, 0.25) is 5.91 Å². The van der Waals surface area contributed by atoms with Crippen LogP contribution in [-0.2, 0) is 11.3 Å². The minimum Gasteiger partial charge on any atom is -0.326 e. The fourth-order valence-electron chi connectivity index (χ4n) is 2.14. The molecular weight excluding hydrogens is 295 g/mol. The van der Waals surface area contributed by atoms with E-state index in [1.807, 2.05) is 24.3 Å². The van der Waals surface area contributed by atoms with Crippen LogP contribution in [0.1, 0.15) is 6.42 Å². The molecule has 23 heavy (non-hydrogen) atoms. The molecule has 3 aromatic rings. The Balaban J connectivity index is 1.56. The number of amides is 1. The van der Waals surface area contributed by atoms with Crippen LogP contribution in [0.3, 0.4) is 0 Å². The third kappa shape index (κ3) is 4.00. The van der Waals surface area contributed by atoms with Gasteiger partial charge in [-0.3, -0.25) is 14.5 Å². The van der Waals surface area contributed by atoms with Crippen molar-refractivity contribution in [1.82, 2.24) is 14.8 Å². The molecule has 0 radical (unpaired) electrons. The Morgan fingerprint density at radius 3 is 2.83 bits per heavy atom. The number of rotatable bonds is 5. The number of benzene rings is 1. The Bertz CT molecular complexity index is 801. The molecule has 0 atom stereocenters. The van der Waals surface area contributed by atoms with E-state index in [0.29, 0.717) is 12.2 Å². The van der Waals surface area contributed by atoms with Crippen LogP contribution in [0.5, 0.6) is 0 Å². The van der Waals surface area contributed by atoms with Crippen molar-refractivity contribution in [3.63, 3.8) is 0 Å². The average molecular weight is 310 g/mol. The molecular formula is C17H15FN4O. The van der Waals surface area contributed by atoms with Crippen LogP contribution in [0.4, 0.5) is 10.1 Å². The van der Waals surface area contributed by atoms with Crippen LogP contribution in [0.15, 0.2) is 60.9 Å². The molecule has 1 N–H and O–H groups in total. The molecule has 1 aromatic carbocycles. The van der Waals surface area contributed by atoms with Crippen molar-refractivity contribution < 1.29 is 9.18 Å². The lowest BCUT2D eigenvalue weighted by atomic mass is 10.3. The van der Waals surface area contributed by atoms with Gasteiger partial charge in [0.25, 0.3) is 0 Å². The highest BCUT2D eigenvalue weighted by Gasteiger charge is 2.06. The smallest absolute Gasteiger partial charge is 0.226 e. The second kappa shape index (κ2) is 6.83. The second-order valence-electron chi connectivity index (χ2n) is 4.99. The summed E-state index contributed by atoms with van der Waals surface area (Å²) in [6.07, 6.45) is 3.76. The van der Waals surface area contributed by atoms with Gasteiger partial charge in [0.1, 0.15) is 11.5 Å². The Labute approximate surface area is 132 Å². The highest BCUT2D eigenvalue weighted by atomic mass is 19.1. The Morgan fingerprint density at radius 1 is 1.13 bits per heavy atom. The minimum absolute atomic E-state index is 0.189. The van der Waals surface area contributed by atoms with Crippen molar-refractivity contribution in [3.8, 4) is 11.4 Å². The van der Waals surface area contributed by atoms with E-state index in [4.69, 9.17) is 0 Å². The largest absolute Gasteiger partial charge is 0.326 e. The molecule has 3 rings (SSSR count). The summed E-state index contributed by atoms with van der Waals surface area (Å²) in [6, 6.07) is 13.3. The van der Waals surface area contributed by atoms with Crippen molar-refractivity contribution in [2.24, 2.45) is 0 Å². The first-order chi connectivity index (χ1) is 11.2. The van der Waals surface area contributed by atoms with Gasteiger partial charge in [-0.1, -0.05) is 12.1 Å². The second-order valence-corrected chi connectivity index (χ2v) is 4.99. The van der Waals surface area contributed by atoms with Crippen LogP contribution >= 0.6 is 0 Å². The summed E-state index contributed by atoms with van der Waals surface area (Å²) in [7, 11) is 0. The van der Waals surface area contributed by atoms with Gasteiger partial charge >= 0.3 is 0 Å². The van der Waals surface area contributed by atoms with E-state index in [0.717, 1.165) is 11.4 Å². The van der Waals surface area contributed by atoms with Gasteiger partial charge < -0.3 is 5.32 Å². The first kappa shape index (κ1) is 14.9. The molecule has 2 heterocycles. The summed E-state index contributed by atoms with van der Waals surface area (Å²) in [5, 5.41) is 7.05. The first-order valence-electron chi connectivity index (χ1n) is 7.21. The SMILES string of the molecule is O=C(CCn1ccc(-c2ccccn2)n1)Nc1cccc(F)c1. The van der Waals surface area contributed by atoms with E-state index < -0.39 is 0 Å². The van der Waals surface area contributed by atoms with Crippen LogP contribution in [-0.4, -0.2) is 20.7 Å². The minimum atomic E-state index is -0.380. The number of halogens is 1. The zero-order valence-electron chi connectivity index (χ0n) is 12.3. The molecule has 2 aromatic heterocycles. The number of carbonyl (C=O) groups is 1. The van der Waals surface area contributed by atoms with Gasteiger partial charge in [0, 0.05) is 31.0 Å². The Hall–Kier alpha value is -3.02. The van der Waals surface area contributed by atoms with E-state index in [9.17, 15) is 9.18 Å². The molecule has 0 aliphatic carbocycles. The maximum atomic E-state index is 13.1. The Kier molecular flexibility index (Phi) is 4.42. The molecule has 116 valence electrons. The molecule has 6 heteroatoms. The van der Waals surface area contributed by atoms with Crippen LogP contribution in [0.25, 0.3) is 11.4 Å². The van der Waals surface area contributed by atoms with Gasteiger partial charge in [0.15, 0.2) is 0 Å². The van der Waals surface area contributed by atoms with Gasteiger partial charge in [0.05, 0.1) is 5.69 Å². The third-order valence-corrected chi connectivity index (χ3v) is 3.24. The van der Waals surface area contributed by atoms with Crippen LogP contribution < -0.4 is 5.32 Å². The number of hydrogen-bond acceptors (Lipinski definition) is 3. The monoisotopic (exact) mass is 310 g/mol. The van der Waals surface area contributed by atoms with Crippen LogP contribution in [0.2, 0.25) is 0 Å². The predicted molar refractivity (Wildman–Crippen MR) is 85.1 cm³/mol. The zero-order valence-corrected chi connectivity index (χ0v) is 12.3. The summed E-state index contributed by atoms with van der Waals surface area (Å²) < 4.78 is 14.8. The van der Waals surface area contributed by atoms with Gasteiger partial charge in [-0.15, -0.1) is 0 Å². The lowest BCUT2D eigenvalue weighted by Crippen LogP contribution is -2.14. The highest BCUT2D eigenvalue weighted by molar-refractivity contribution is 5.90.